The van der Waals surface area contributed by atoms with Crippen molar-refractivity contribution in [2.45, 2.75) is 6.54 Å². The van der Waals surface area contributed by atoms with Crippen LogP contribution in [0.5, 0.6) is 0 Å². The molecule has 1 fully saturated rings. The first-order chi connectivity index (χ1) is 9.10. The zero-order valence-electron chi connectivity index (χ0n) is 11.2. The highest BCUT2D eigenvalue weighted by molar-refractivity contribution is 7.80. The van der Waals surface area contributed by atoms with Crippen molar-refractivity contribution in [2.24, 2.45) is 0 Å². The topological polar surface area (TPSA) is 41.4 Å². The maximum atomic E-state index is 12.0. The van der Waals surface area contributed by atoms with Crippen molar-refractivity contribution in [3.8, 4) is 0 Å². The standard InChI is InChI=1S/C13H20N4OS/c1-11(10-19)9-17-13(18)7-12(8-14-17)16-5-3-15(2)4-6-16/h7-8,19H,1,3-6,9-10H2,2H3. The molecule has 1 aromatic rings. The van der Waals surface area contributed by atoms with E-state index in [1.54, 1.807) is 12.3 Å². The third-order valence-electron chi connectivity index (χ3n) is 3.32. The summed E-state index contributed by atoms with van der Waals surface area (Å²) in [6.45, 7) is 8.17. The summed E-state index contributed by atoms with van der Waals surface area (Å²) in [4.78, 5) is 16.5. The number of hydrogen-bond donors (Lipinski definition) is 1. The number of nitrogens with zero attached hydrogens (tertiary/aromatic N) is 4. The number of aromatic nitrogens is 2. The average Bonchev–Trinajstić information content (AvgIpc) is 2.41. The van der Waals surface area contributed by atoms with Crippen LogP contribution in [-0.4, -0.2) is 53.7 Å². The normalized spacial score (nSPS) is 16.6. The van der Waals surface area contributed by atoms with Gasteiger partial charge in [0.2, 0.25) is 0 Å². The number of piperazine rings is 1. The van der Waals surface area contributed by atoms with Crippen molar-refractivity contribution >= 4 is 18.3 Å². The Morgan fingerprint density at radius 2 is 2.11 bits per heavy atom. The lowest BCUT2D eigenvalue weighted by molar-refractivity contribution is 0.312. The van der Waals surface area contributed by atoms with Crippen molar-refractivity contribution in [3.05, 3.63) is 34.8 Å². The van der Waals surface area contributed by atoms with Crippen LogP contribution in [0.3, 0.4) is 0 Å². The largest absolute Gasteiger partial charge is 0.368 e. The Kier molecular flexibility index (Phi) is 4.66. The number of anilines is 1. The van der Waals surface area contributed by atoms with Gasteiger partial charge >= 0.3 is 0 Å². The third-order valence-corrected chi connectivity index (χ3v) is 3.77. The van der Waals surface area contributed by atoms with Gasteiger partial charge in [-0.15, -0.1) is 0 Å². The summed E-state index contributed by atoms with van der Waals surface area (Å²) >= 11 is 4.14. The molecule has 1 aliphatic heterocycles. The van der Waals surface area contributed by atoms with Crippen molar-refractivity contribution in [1.82, 2.24) is 14.7 Å². The fraction of sp³-hybridized carbons (Fsp3) is 0.538. The molecular formula is C13H20N4OS. The molecule has 0 atom stereocenters. The van der Waals surface area contributed by atoms with Crippen molar-refractivity contribution in [1.29, 1.82) is 0 Å². The molecule has 0 spiro atoms. The minimum Gasteiger partial charge on any atom is -0.368 e. The summed E-state index contributed by atoms with van der Waals surface area (Å²) < 4.78 is 1.43. The predicted octanol–water partition coefficient (Wildman–Crippen LogP) is 0.481. The lowest BCUT2D eigenvalue weighted by Gasteiger charge is -2.33. The highest BCUT2D eigenvalue weighted by atomic mass is 32.1. The van der Waals surface area contributed by atoms with Crippen LogP contribution in [0.15, 0.2) is 29.2 Å². The van der Waals surface area contributed by atoms with Gasteiger partial charge in [0.25, 0.3) is 5.56 Å². The van der Waals surface area contributed by atoms with Gasteiger partial charge in [0, 0.05) is 38.0 Å². The molecule has 0 saturated carbocycles. The number of likely N-dealkylation sites (N-methyl/N-ethyl adjacent to an activating group) is 1. The van der Waals surface area contributed by atoms with Crippen molar-refractivity contribution < 1.29 is 0 Å². The molecule has 0 radical (unpaired) electrons. The van der Waals surface area contributed by atoms with Gasteiger partial charge in [-0.2, -0.15) is 17.7 Å². The van der Waals surface area contributed by atoms with Crippen LogP contribution in [0.25, 0.3) is 0 Å². The van der Waals surface area contributed by atoms with Gasteiger partial charge in [0.15, 0.2) is 0 Å². The van der Waals surface area contributed by atoms with Crippen LogP contribution in [0.4, 0.5) is 5.69 Å². The molecule has 0 unspecified atom stereocenters. The molecule has 5 nitrogen and oxygen atoms in total. The molecule has 0 aromatic carbocycles. The summed E-state index contributed by atoms with van der Waals surface area (Å²) in [5.74, 6) is 0.564. The van der Waals surface area contributed by atoms with Crippen LogP contribution in [0.1, 0.15) is 0 Å². The predicted molar refractivity (Wildman–Crippen MR) is 81.2 cm³/mol. The van der Waals surface area contributed by atoms with Crippen LogP contribution in [0.2, 0.25) is 0 Å². The van der Waals surface area contributed by atoms with Gasteiger partial charge in [0.1, 0.15) is 0 Å². The fourth-order valence-corrected chi connectivity index (χ4v) is 2.14. The molecule has 19 heavy (non-hydrogen) atoms. The van der Waals surface area contributed by atoms with E-state index in [0.717, 1.165) is 37.4 Å². The Labute approximate surface area is 118 Å². The fourth-order valence-electron chi connectivity index (χ4n) is 2.04. The van der Waals surface area contributed by atoms with E-state index >= 15 is 0 Å². The van der Waals surface area contributed by atoms with E-state index in [1.165, 1.54) is 4.68 Å². The highest BCUT2D eigenvalue weighted by Crippen LogP contribution is 2.12. The second-order valence-electron chi connectivity index (χ2n) is 4.91. The quantitative estimate of drug-likeness (QED) is 0.643. The molecule has 6 heteroatoms. The average molecular weight is 280 g/mol. The minimum absolute atomic E-state index is 0.0839. The first-order valence-electron chi connectivity index (χ1n) is 6.38. The van der Waals surface area contributed by atoms with Gasteiger partial charge < -0.3 is 9.80 Å². The van der Waals surface area contributed by atoms with Gasteiger partial charge in [-0.1, -0.05) is 6.58 Å². The third kappa shape index (κ3) is 3.61. The Balaban J connectivity index is 2.10. The number of thiol groups is 1. The Morgan fingerprint density at radius 3 is 2.68 bits per heavy atom. The minimum atomic E-state index is -0.0839. The SMILES string of the molecule is C=C(CS)Cn1ncc(N2CCN(C)CC2)cc1=O. The molecule has 0 amide bonds. The van der Waals surface area contributed by atoms with E-state index in [-0.39, 0.29) is 5.56 Å². The number of hydrogen-bond acceptors (Lipinski definition) is 5. The molecule has 2 rings (SSSR count). The monoisotopic (exact) mass is 280 g/mol. The van der Waals surface area contributed by atoms with E-state index in [2.05, 4.69) is 41.2 Å². The molecule has 1 aliphatic rings. The molecule has 1 aromatic heterocycles. The molecule has 1 saturated heterocycles. The van der Waals surface area contributed by atoms with Crippen LogP contribution in [-0.2, 0) is 6.54 Å². The molecular weight excluding hydrogens is 260 g/mol. The molecule has 2 heterocycles. The van der Waals surface area contributed by atoms with E-state index < -0.39 is 0 Å². The summed E-state index contributed by atoms with van der Waals surface area (Å²) in [6.07, 6.45) is 1.76. The maximum absolute atomic E-state index is 12.0. The zero-order chi connectivity index (χ0) is 13.8. The van der Waals surface area contributed by atoms with E-state index in [0.29, 0.717) is 12.3 Å². The summed E-state index contributed by atoms with van der Waals surface area (Å²) in [5.41, 5.74) is 1.70. The first-order valence-corrected chi connectivity index (χ1v) is 7.01. The van der Waals surface area contributed by atoms with Gasteiger partial charge in [0.05, 0.1) is 18.4 Å². The van der Waals surface area contributed by atoms with Gasteiger partial charge in [-0.05, 0) is 12.6 Å². The molecule has 0 N–H and O–H groups in total. The van der Waals surface area contributed by atoms with E-state index in [4.69, 9.17) is 0 Å². The Bertz CT molecular complexity index is 506. The van der Waals surface area contributed by atoms with E-state index in [1.807, 2.05) is 0 Å². The van der Waals surface area contributed by atoms with Crippen molar-refractivity contribution in [2.75, 3.05) is 43.9 Å². The Hall–Kier alpha value is -1.27. The van der Waals surface area contributed by atoms with Crippen LogP contribution >= 0.6 is 12.6 Å². The second kappa shape index (κ2) is 6.25. The highest BCUT2D eigenvalue weighted by Gasteiger charge is 2.15. The van der Waals surface area contributed by atoms with E-state index in [9.17, 15) is 4.79 Å². The van der Waals surface area contributed by atoms with Crippen LogP contribution in [0, 0.1) is 0 Å². The summed E-state index contributed by atoms with van der Waals surface area (Å²) in [7, 11) is 2.11. The molecule has 0 bridgehead atoms. The van der Waals surface area contributed by atoms with Gasteiger partial charge in [-0.3, -0.25) is 4.79 Å². The Morgan fingerprint density at radius 1 is 1.42 bits per heavy atom. The lowest BCUT2D eigenvalue weighted by atomic mass is 10.3. The number of rotatable bonds is 4. The van der Waals surface area contributed by atoms with Crippen molar-refractivity contribution in [3.63, 3.8) is 0 Å². The lowest BCUT2D eigenvalue weighted by Crippen LogP contribution is -2.45. The smallest absolute Gasteiger partial charge is 0.269 e. The second-order valence-corrected chi connectivity index (χ2v) is 5.22. The zero-order valence-corrected chi connectivity index (χ0v) is 12.1. The summed E-state index contributed by atoms with van der Waals surface area (Å²) in [6, 6.07) is 1.66. The van der Waals surface area contributed by atoms with Gasteiger partial charge in [-0.25, -0.2) is 4.68 Å². The maximum Gasteiger partial charge on any atom is 0.269 e. The first kappa shape index (κ1) is 14.1. The van der Waals surface area contributed by atoms with Crippen LogP contribution < -0.4 is 10.5 Å². The summed E-state index contributed by atoms with van der Waals surface area (Å²) in [5, 5.41) is 4.21. The molecule has 0 aliphatic carbocycles. The molecule has 104 valence electrons.